The van der Waals surface area contributed by atoms with Gasteiger partial charge in [0.1, 0.15) is 5.75 Å². The minimum Gasteiger partial charge on any atom is -0.491 e. The first-order valence-electron chi connectivity index (χ1n) is 7.33. The third-order valence-electron chi connectivity index (χ3n) is 3.72. The van der Waals surface area contributed by atoms with Crippen LogP contribution in [0.15, 0.2) is 40.3 Å². The lowest BCUT2D eigenvalue weighted by Crippen LogP contribution is -2.02. The highest BCUT2D eigenvalue weighted by atomic mass is 79.9. The smallest absolute Gasteiger partial charge is 0.158 e. The molecule has 0 aliphatic heterocycles. The van der Waals surface area contributed by atoms with Gasteiger partial charge in [0.05, 0.1) is 42.4 Å². The number of halogens is 9. The monoisotopic (exact) mass is 941 g/mol. The summed E-state index contributed by atoms with van der Waals surface area (Å²) in [5.74, 6) is 2.62. The largest absolute Gasteiger partial charge is 0.491 e. The van der Waals surface area contributed by atoms with E-state index in [4.69, 9.17) is 9.47 Å². The second-order valence-corrected chi connectivity index (χ2v) is 12.8. The molecule has 1 aliphatic carbocycles. The Kier molecular flexibility index (Phi) is 8.78. The Morgan fingerprint density at radius 3 is 1.26 bits per heavy atom. The lowest BCUT2D eigenvalue weighted by atomic mass is 10.3. The van der Waals surface area contributed by atoms with E-state index in [0.29, 0.717) is 24.0 Å². The normalized spacial score (nSPS) is 13.8. The topological polar surface area (TPSA) is 18.5 Å². The van der Waals surface area contributed by atoms with Crippen LogP contribution < -0.4 is 9.47 Å². The van der Waals surface area contributed by atoms with Gasteiger partial charge in [-0.3, -0.25) is 0 Å². The zero-order valence-electron chi connectivity index (χ0n) is 12.9. The molecule has 0 radical (unpaired) electrons. The predicted octanol–water partition coefficient (Wildman–Crippen LogP) is 11.1. The summed E-state index contributed by atoms with van der Waals surface area (Å²) < 4.78 is 19.5. The van der Waals surface area contributed by atoms with E-state index in [2.05, 4.69) is 143 Å². The van der Waals surface area contributed by atoms with Crippen LogP contribution in [0.1, 0.15) is 12.8 Å². The maximum Gasteiger partial charge on any atom is 0.158 e. The molecule has 2 aromatic rings. The van der Waals surface area contributed by atoms with Crippen molar-refractivity contribution in [3.05, 3.63) is 40.3 Å². The van der Waals surface area contributed by atoms with E-state index in [1.165, 1.54) is 12.8 Å². The molecule has 0 amide bonds. The van der Waals surface area contributed by atoms with Crippen molar-refractivity contribution in [3.8, 4) is 17.2 Å². The van der Waals surface area contributed by atoms with Crippen LogP contribution >= 0.6 is 143 Å². The van der Waals surface area contributed by atoms with Gasteiger partial charge < -0.3 is 9.47 Å². The first kappa shape index (κ1) is 24.0. The molecule has 0 N–H and O–H groups in total. The number of benzene rings is 2. The van der Waals surface area contributed by atoms with E-state index in [0.717, 1.165) is 46.0 Å². The molecule has 1 fully saturated rings. The number of hydrogen-bond acceptors (Lipinski definition) is 2. The molecule has 2 aromatic carbocycles. The molecular formula is C16H7Br9O2. The predicted molar refractivity (Wildman–Crippen MR) is 140 cm³/mol. The van der Waals surface area contributed by atoms with E-state index in [9.17, 15) is 0 Å². The lowest BCUT2D eigenvalue weighted by molar-refractivity contribution is 0.295. The molecule has 2 nitrogen and oxygen atoms in total. The van der Waals surface area contributed by atoms with Gasteiger partial charge >= 0.3 is 0 Å². The van der Waals surface area contributed by atoms with Crippen LogP contribution in [0, 0.1) is 5.92 Å². The van der Waals surface area contributed by atoms with E-state index in [-0.39, 0.29) is 0 Å². The molecule has 0 heterocycles. The van der Waals surface area contributed by atoms with E-state index in [1.807, 2.05) is 0 Å². The van der Waals surface area contributed by atoms with Gasteiger partial charge in [-0.2, -0.15) is 0 Å². The molecule has 0 spiro atoms. The van der Waals surface area contributed by atoms with Gasteiger partial charge in [0.2, 0.25) is 0 Å². The standard InChI is InChI=1S/C16H7Br9O2/c17-5-6(18)8(20)15(9(21)7(5)19)27-16-12(24)10(22)14(11(23)13(16)25)26-3-4-1-2-4/h4H,1-3H2. The van der Waals surface area contributed by atoms with Crippen LogP contribution in [0.2, 0.25) is 0 Å². The molecule has 3 rings (SSSR count). The second kappa shape index (κ2) is 9.88. The molecule has 146 valence electrons. The summed E-state index contributed by atoms with van der Waals surface area (Å²) in [6, 6.07) is 0. The molecule has 27 heavy (non-hydrogen) atoms. The summed E-state index contributed by atoms with van der Waals surface area (Å²) >= 11 is 32.3. The average molecular weight is 950 g/mol. The Morgan fingerprint density at radius 1 is 0.519 bits per heavy atom. The number of ether oxygens (including phenoxy) is 2. The fourth-order valence-electron chi connectivity index (χ4n) is 2.07. The van der Waals surface area contributed by atoms with Gasteiger partial charge in [0, 0.05) is 4.47 Å². The van der Waals surface area contributed by atoms with E-state index < -0.39 is 0 Å². The van der Waals surface area contributed by atoms with Crippen molar-refractivity contribution < 1.29 is 9.47 Å². The Bertz CT molecular complexity index is 867. The van der Waals surface area contributed by atoms with Crippen LogP contribution in [0.5, 0.6) is 17.2 Å². The fourth-order valence-corrected chi connectivity index (χ4v) is 7.68. The van der Waals surface area contributed by atoms with E-state index in [1.54, 1.807) is 0 Å². The summed E-state index contributed by atoms with van der Waals surface area (Å²) in [6.07, 6.45) is 2.46. The molecule has 0 aromatic heterocycles. The van der Waals surface area contributed by atoms with Crippen LogP contribution in [0.4, 0.5) is 0 Å². The average Bonchev–Trinajstić information content (AvgIpc) is 3.47. The maximum absolute atomic E-state index is 6.29. The van der Waals surface area contributed by atoms with Gasteiger partial charge in [0.15, 0.2) is 11.5 Å². The van der Waals surface area contributed by atoms with Crippen LogP contribution in [-0.2, 0) is 0 Å². The van der Waals surface area contributed by atoms with Crippen LogP contribution in [0.25, 0.3) is 0 Å². The summed E-state index contributed by atoms with van der Waals surface area (Å²) in [5, 5.41) is 0. The second-order valence-electron chi connectivity index (χ2n) is 5.67. The van der Waals surface area contributed by atoms with Crippen LogP contribution in [0.3, 0.4) is 0 Å². The molecule has 1 saturated carbocycles. The quantitative estimate of drug-likeness (QED) is 0.220. The molecule has 0 bridgehead atoms. The Morgan fingerprint density at radius 2 is 0.852 bits per heavy atom. The zero-order valence-corrected chi connectivity index (χ0v) is 27.2. The van der Waals surface area contributed by atoms with Crippen molar-refractivity contribution in [2.24, 2.45) is 5.92 Å². The number of rotatable bonds is 5. The first-order chi connectivity index (χ1) is 12.6. The molecule has 0 unspecified atom stereocenters. The van der Waals surface area contributed by atoms with Gasteiger partial charge in [-0.25, -0.2) is 0 Å². The third-order valence-corrected chi connectivity index (χ3v) is 13.8. The van der Waals surface area contributed by atoms with Crippen molar-refractivity contribution in [1.82, 2.24) is 0 Å². The highest BCUT2D eigenvalue weighted by Gasteiger charge is 2.27. The maximum atomic E-state index is 6.29. The zero-order chi connectivity index (χ0) is 20.0. The fraction of sp³-hybridized carbons (Fsp3) is 0.250. The van der Waals surface area contributed by atoms with E-state index >= 15 is 0 Å². The summed E-state index contributed by atoms with van der Waals surface area (Å²) in [5.41, 5.74) is 0. The minimum atomic E-state index is 0.607. The molecule has 11 heteroatoms. The van der Waals surface area contributed by atoms with Crippen molar-refractivity contribution in [2.75, 3.05) is 6.61 Å². The Labute approximate surface area is 232 Å². The molecular weight excluding hydrogens is 943 g/mol. The van der Waals surface area contributed by atoms with Gasteiger partial charge in [-0.1, -0.05) is 0 Å². The van der Waals surface area contributed by atoms with Crippen molar-refractivity contribution in [1.29, 1.82) is 0 Å². The van der Waals surface area contributed by atoms with Crippen molar-refractivity contribution in [3.63, 3.8) is 0 Å². The summed E-state index contributed by atoms with van der Waals surface area (Å²) in [4.78, 5) is 0. The van der Waals surface area contributed by atoms with Crippen molar-refractivity contribution in [2.45, 2.75) is 12.8 Å². The van der Waals surface area contributed by atoms with Crippen LogP contribution in [-0.4, -0.2) is 6.61 Å². The van der Waals surface area contributed by atoms with Gasteiger partial charge in [-0.15, -0.1) is 0 Å². The molecule has 0 saturated heterocycles. The highest BCUT2D eigenvalue weighted by molar-refractivity contribution is 9.16. The Balaban J connectivity index is 2.06. The number of hydrogen-bond donors (Lipinski definition) is 0. The molecule has 1 aliphatic rings. The minimum absolute atomic E-state index is 0.607. The lowest BCUT2D eigenvalue weighted by Gasteiger charge is -2.20. The summed E-state index contributed by atoms with van der Waals surface area (Å²) in [6.45, 7) is 0.708. The first-order valence-corrected chi connectivity index (χ1v) is 14.5. The molecule has 0 atom stereocenters. The highest BCUT2D eigenvalue weighted by Crippen LogP contribution is 2.55. The van der Waals surface area contributed by atoms with Crippen molar-refractivity contribution >= 4 is 143 Å². The van der Waals surface area contributed by atoms with Gasteiger partial charge in [-0.05, 0) is 162 Å². The Hall–Kier alpha value is 2.36. The SMILES string of the molecule is Brc1c(Br)c(Br)c(Oc2c(Br)c(Br)c(OCC3CC3)c(Br)c2Br)c(Br)c1Br. The summed E-state index contributed by atoms with van der Waals surface area (Å²) in [7, 11) is 0. The third kappa shape index (κ3) is 5.07. The van der Waals surface area contributed by atoms with Gasteiger partial charge in [0.25, 0.3) is 0 Å².